The number of hydrogen-bond acceptors (Lipinski definition) is 1. The Morgan fingerprint density at radius 1 is 0.656 bits per heavy atom. The monoisotopic (exact) mass is 429 g/mol. The molecule has 1 aliphatic heterocycles. The number of rotatable bonds is 1. The third kappa shape index (κ3) is 2.04. The number of benzene rings is 5. The average Bonchev–Trinajstić information content (AvgIpc) is 3.30. The molecule has 0 amide bonds. The van der Waals surface area contributed by atoms with E-state index in [1.54, 1.807) is 0 Å². The van der Waals surface area contributed by atoms with Crippen LogP contribution in [-0.2, 0) is 11.6 Å². The summed E-state index contributed by atoms with van der Waals surface area (Å²) in [7, 11) is -0.946. The Balaban J connectivity index is 1.84. The highest BCUT2D eigenvalue weighted by Crippen LogP contribution is 2.56. The number of aromatic nitrogens is 1. The van der Waals surface area contributed by atoms with Gasteiger partial charge in [0.1, 0.15) is 0 Å². The lowest BCUT2D eigenvalue weighted by Gasteiger charge is -2.18. The molecule has 0 bridgehead atoms. The summed E-state index contributed by atoms with van der Waals surface area (Å²) in [6.07, 6.45) is 0. The Morgan fingerprint density at radius 3 is 2.09 bits per heavy atom. The number of para-hydroxylation sites is 1. The highest BCUT2D eigenvalue weighted by Gasteiger charge is 2.43. The lowest BCUT2D eigenvalue weighted by Crippen LogP contribution is -2.22. The SMILES string of the molecule is Cn1c2ccccc2c2c3ccccc3c3c(c21)P(=O)(c1ccccc1)c1ccccc1-3. The van der Waals surface area contributed by atoms with Gasteiger partial charge < -0.3 is 9.13 Å². The highest BCUT2D eigenvalue weighted by atomic mass is 31.2. The van der Waals surface area contributed by atoms with Crippen molar-refractivity contribution < 1.29 is 4.57 Å². The van der Waals surface area contributed by atoms with Gasteiger partial charge in [0.2, 0.25) is 0 Å². The van der Waals surface area contributed by atoms with E-state index in [1.807, 2.05) is 36.4 Å². The first-order valence-corrected chi connectivity index (χ1v) is 12.6. The predicted molar refractivity (Wildman–Crippen MR) is 136 cm³/mol. The van der Waals surface area contributed by atoms with Gasteiger partial charge in [0.25, 0.3) is 0 Å². The van der Waals surface area contributed by atoms with Crippen molar-refractivity contribution in [1.29, 1.82) is 0 Å². The molecule has 1 aromatic heterocycles. The molecule has 1 aliphatic rings. The molecule has 2 nitrogen and oxygen atoms in total. The van der Waals surface area contributed by atoms with Gasteiger partial charge in [-0.05, 0) is 22.4 Å². The Kier molecular flexibility index (Phi) is 3.50. The fraction of sp³-hybridized carbons (Fsp3) is 0.0345. The van der Waals surface area contributed by atoms with E-state index in [2.05, 4.69) is 78.3 Å². The minimum absolute atomic E-state index is 0.896. The second kappa shape index (κ2) is 6.22. The summed E-state index contributed by atoms with van der Waals surface area (Å²) in [4.78, 5) is 0. The van der Waals surface area contributed by atoms with Gasteiger partial charge in [0.15, 0.2) is 7.14 Å². The number of aryl methyl sites for hydroxylation is 1. The minimum Gasteiger partial charge on any atom is -0.343 e. The summed E-state index contributed by atoms with van der Waals surface area (Å²) in [5.41, 5.74) is 4.47. The zero-order valence-electron chi connectivity index (χ0n) is 17.6. The summed E-state index contributed by atoms with van der Waals surface area (Å²) >= 11 is 0. The maximum atomic E-state index is 15.3. The van der Waals surface area contributed by atoms with Gasteiger partial charge in [-0.3, -0.25) is 0 Å². The summed E-state index contributed by atoms with van der Waals surface area (Å²) in [6.45, 7) is 0. The first kappa shape index (κ1) is 18.0. The van der Waals surface area contributed by atoms with Crippen molar-refractivity contribution in [3.05, 3.63) is 103 Å². The van der Waals surface area contributed by atoms with Crippen LogP contribution in [-0.4, -0.2) is 4.57 Å². The van der Waals surface area contributed by atoms with Crippen molar-refractivity contribution in [1.82, 2.24) is 4.57 Å². The van der Waals surface area contributed by atoms with E-state index in [1.165, 1.54) is 21.5 Å². The van der Waals surface area contributed by atoms with Crippen LogP contribution in [0.4, 0.5) is 0 Å². The Morgan fingerprint density at radius 2 is 1.28 bits per heavy atom. The highest BCUT2D eigenvalue weighted by molar-refractivity contribution is 7.86. The van der Waals surface area contributed by atoms with Crippen LogP contribution < -0.4 is 15.9 Å². The van der Waals surface area contributed by atoms with Crippen LogP contribution in [0.1, 0.15) is 0 Å². The molecule has 152 valence electrons. The molecule has 5 aromatic carbocycles. The molecule has 0 spiro atoms. The van der Waals surface area contributed by atoms with Gasteiger partial charge in [-0.25, -0.2) is 0 Å². The van der Waals surface area contributed by atoms with Gasteiger partial charge in [-0.1, -0.05) is 97.1 Å². The fourth-order valence-electron chi connectivity index (χ4n) is 5.67. The zero-order chi connectivity index (χ0) is 21.4. The smallest absolute Gasteiger partial charge is 0.174 e. The third-order valence-corrected chi connectivity index (χ3v) is 10.1. The molecule has 1 unspecified atom stereocenters. The Labute approximate surface area is 186 Å². The molecule has 7 rings (SSSR count). The summed E-state index contributed by atoms with van der Waals surface area (Å²) < 4.78 is 17.6. The maximum Gasteiger partial charge on any atom is 0.174 e. The predicted octanol–water partition coefficient (Wildman–Crippen LogP) is 6.10. The quantitative estimate of drug-likeness (QED) is 0.289. The Hall–Kier alpha value is -3.61. The van der Waals surface area contributed by atoms with E-state index < -0.39 is 7.14 Å². The second-order valence-corrected chi connectivity index (χ2v) is 11.2. The third-order valence-electron chi connectivity index (χ3n) is 6.98. The molecule has 6 aromatic rings. The lowest BCUT2D eigenvalue weighted by molar-refractivity contribution is 0.593. The van der Waals surface area contributed by atoms with Gasteiger partial charge in [-0.15, -0.1) is 0 Å². The maximum absolute atomic E-state index is 15.3. The molecular weight excluding hydrogens is 409 g/mol. The van der Waals surface area contributed by atoms with E-state index in [9.17, 15) is 0 Å². The minimum atomic E-state index is -3.06. The first-order valence-electron chi connectivity index (χ1n) is 10.9. The topological polar surface area (TPSA) is 22.0 Å². The zero-order valence-corrected chi connectivity index (χ0v) is 18.5. The van der Waals surface area contributed by atoms with Crippen LogP contribution >= 0.6 is 7.14 Å². The molecule has 1 atom stereocenters. The van der Waals surface area contributed by atoms with Crippen molar-refractivity contribution >= 4 is 55.6 Å². The largest absolute Gasteiger partial charge is 0.343 e. The van der Waals surface area contributed by atoms with Crippen LogP contribution in [0.5, 0.6) is 0 Å². The van der Waals surface area contributed by atoms with E-state index in [0.29, 0.717) is 0 Å². The fourth-order valence-corrected chi connectivity index (χ4v) is 8.98. The number of fused-ring (bicyclic) bond motifs is 10. The molecule has 0 N–H and O–H groups in total. The number of hydrogen-bond donors (Lipinski definition) is 0. The first-order chi connectivity index (χ1) is 15.7. The molecule has 2 heterocycles. The molecule has 0 aliphatic carbocycles. The summed E-state index contributed by atoms with van der Waals surface area (Å²) in [5.74, 6) is 0. The summed E-state index contributed by atoms with van der Waals surface area (Å²) in [5, 5.41) is 7.62. The van der Waals surface area contributed by atoms with Crippen LogP contribution in [0.15, 0.2) is 103 Å². The van der Waals surface area contributed by atoms with Gasteiger partial charge >= 0.3 is 0 Å². The van der Waals surface area contributed by atoms with E-state index in [4.69, 9.17) is 0 Å². The molecule has 32 heavy (non-hydrogen) atoms. The van der Waals surface area contributed by atoms with Crippen molar-refractivity contribution in [3.8, 4) is 11.1 Å². The Bertz CT molecular complexity index is 1760. The van der Waals surface area contributed by atoms with Crippen molar-refractivity contribution in [2.45, 2.75) is 0 Å². The average molecular weight is 429 g/mol. The molecule has 0 saturated heterocycles. The lowest BCUT2D eigenvalue weighted by atomic mass is 9.95. The van der Waals surface area contributed by atoms with Gasteiger partial charge in [0.05, 0.1) is 10.8 Å². The van der Waals surface area contributed by atoms with E-state index in [-0.39, 0.29) is 0 Å². The van der Waals surface area contributed by atoms with Gasteiger partial charge in [-0.2, -0.15) is 0 Å². The van der Waals surface area contributed by atoms with Crippen LogP contribution in [0.3, 0.4) is 0 Å². The van der Waals surface area contributed by atoms with Crippen LogP contribution in [0.2, 0.25) is 0 Å². The molecule has 0 saturated carbocycles. The van der Waals surface area contributed by atoms with Crippen molar-refractivity contribution in [2.24, 2.45) is 7.05 Å². The number of nitrogens with zero attached hydrogens (tertiary/aromatic N) is 1. The molecule has 0 radical (unpaired) electrons. The molecule has 0 fully saturated rings. The van der Waals surface area contributed by atoms with Crippen molar-refractivity contribution in [2.75, 3.05) is 0 Å². The normalized spacial score (nSPS) is 17.2. The van der Waals surface area contributed by atoms with Crippen molar-refractivity contribution in [3.63, 3.8) is 0 Å². The van der Waals surface area contributed by atoms with Gasteiger partial charge in [0, 0.05) is 39.5 Å². The molecule has 3 heteroatoms. The summed E-state index contributed by atoms with van der Waals surface area (Å²) in [6, 6.07) is 35.4. The molecular formula is C29H20NOP. The van der Waals surface area contributed by atoms with Crippen LogP contribution in [0.25, 0.3) is 43.7 Å². The van der Waals surface area contributed by atoms with E-state index >= 15 is 4.57 Å². The second-order valence-electron chi connectivity index (χ2n) is 8.53. The standard InChI is InChI=1S/C29H20NOP/c1-30-24-17-9-7-15-22(24)26-20-13-5-6-14-21(20)27-23-16-8-10-18-25(23)32(31,29(27)28(26)30)19-11-3-2-4-12-19/h2-18H,1H3. The van der Waals surface area contributed by atoms with Crippen LogP contribution in [0, 0.1) is 0 Å². The van der Waals surface area contributed by atoms with E-state index in [0.717, 1.165) is 38.1 Å².